The van der Waals surface area contributed by atoms with Gasteiger partial charge in [-0.25, -0.2) is 9.78 Å². The molecule has 0 aliphatic carbocycles. The van der Waals surface area contributed by atoms with Crippen molar-refractivity contribution in [3.05, 3.63) is 47.5 Å². The van der Waals surface area contributed by atoms with Crippen molar-refractivity contribution in [1.82, 2.24) is 9.55 Å². The first-order valence-corrected chi connectivity index (χ1v) is 7.18. The first-order chi connectivity index (χ1) is 10.2. The van der Waals surface area contributed by atoms with Crippen molar-refractivity contribution in [2.24, 2.45) is 0 Å². The van der Waals surface area contributed by atoms with Gasteiger partial charge < -0.3 is 14.4 Å². The zero-order valence-corrected chi connectivity index (χ0v) is 12.0. The number of aromatic nitrogens is 2. The van der Waals surface area contributed by atoms with Crippen molar-refractivity contribution >= 4 is 5.97 Å². The molecule has 1 aromatic carbocycles. The second-order valence-corrected chi connectivity index (χ2v) is 5.11. The Kier molecular flexibility index (Phi) is 3.75. The van der Waals surface area contributed by atoms with E-state index in [1.165, 1.54) is 5.56 Å². The van der Waals surface area contributed by atoms with Gasteiger partial charge >= 0.3 is 5.97 Å². The van der Waals surface area contributed by atoms with E-state index in [1.54, 1.807) is 13.3 Å². The van der Waals surface area contributed by atoms with E-state index in [9.17, 15) is 9.90 Å². The minimum Gasteiger partial charge on any atom is -0.464 e. The summed E-state index contributed by atoms with van der Waals surface area (Å²) in [7, 11) is 0. The van der Waals surface area contributed by atoms with Gasteiger partial charge in [-0.2, -0.15) is 0 Å². The molecular weight excluding hydrogens is 268 g/mol. The average Bonchev–Trinajstić information content (AvgIpc) is 2.91. The lowest BCUT2D eigenvalue weighted by Crippen LogP contribution is -2.26. The fourth-order valence-electron chi connectivity index (χ4n) is 2.77. The Morgan fingerprint density at radius 2 is 2.24 bits per heavy atom. The topological polar surface area (TPSA) is 64.3 Å². The highest BCUT2D eigenvalue weighted by Crippen LogP contribution is 2.26. The largest absolute Gasteiger partial charge is 0.464 e. The van der Waals surface area contributed by atoms with Crippen molar-refractivity contribution in [3.63, 3.8) is 0 Å². The number of carbonyl (C=O) groups excluding carboxylic acids is 1. The first kappa shape index (κ1) is 13.8. The molecule has 1 aliphatic rings. The molecule has 0 spiro atoms. The third-order valence-electron chi connectivity index (χ3n) is 3.78. The maximum absolute atomic E-state index is 11.5. The monoisotopic (exact) mass is 286 g/mol. The Labute approximate surface area is 123 Å². The summed E-state index contributed by atoms with van der Waals surface area (Å²) in [6.45, 7) is 1.99. The van der Waals surface area contributed by atoms with Crippen LogP contribution in [0.4, 0.5) is 0 Å². The minimum absolute atomic E-state index is 0.198. The van der Waals surface area contributed by atoms with Gasteiger partial charge in [0, 0.05) is 17.8 Å². The number of nitrogens with zero attached hydrogens (tertiary/aromatic N) is 2. The van der Waals surface area contributed by atoms with Gasteiger partial charge in [0.2, 0.25) is 0 Å². The molecule has 0 radical (unpaired) electrons. The van der Waals surface area contributed by atoms with Crippen LogP contribution in [0.3, 0.4) is 0 Å². The average molecular weight is 286 g/mol. The summed E-state index contributed by atoms with van der Waals surface area (Å²) in [4.78, 5) is 15.9. The van der Waals surface area contributed by atoms with E-state index in [0.717, 1.165) is 29.9 Å². The highest BCUT2D eigenvalue weighted by molar-refractivity contribution is 5.74. The van der Waals surface area contributed by atoms with Crippen LogP contribution < -0.4 is 0 Å². The number of hydrogen-bond acceptors (Lipinski definition) is 4. The number of rotatable bonds is 4. The second-order valence-electron chi connectivity index (χ2n) is 5.11. The van der Waals surface area contributed by atoms with Crippen LogP contribution in [0.1, 0.15) is 23.9 Å². The molecule has 3 rings (SSSR count). The van der Waals surface area contributed by atoms with Crippen LogP contribution >= 0.6 is 0 Å². The summed E-state index contributed by atoms with van der Waals surface area (Å²) in [5, 5.41) is 9.89. The van der Waals surface area contributed by atoms with Crippen LogP contribution in [0.25, 0.3) is 5.69 Å². The van der Waals surface area contributed by atoms with Crippen LogP contribution in [0.5, 0.6) is 0 Å². The fourth-order valence-corrected chi connectivity index (χ4v) is 2.77. The third-order valence-corrected chi connectivity index (χ3v) is 3.78. The molecule has 110 valence electrons. The maximum atomic E-state index is 11.5. The number of fused-ring (bicyclic) bond motifs is 3. The van der Waals surface area contributed by atoms with E-state index in [2.05, 4.69) is 17.1 Å². The Morgan fingerprint density at radius 3 is 3.05 bits per heavy atom. The van der Waals surface area contributed by atoms with E-state index in [-0.39, 0.29) is 13.0 Å². The summed E-state index contributed by atoms with van der Waals surface area (Å²) in [6.07, 6.45) is 2.62. The molecular formula is C16H18N2O3. The summed E-state index contributed by atoms with van der Waals surface area (Å²) >= 11 is 0. The molecule has 1 aromatic heterocycles. The van der Waals surface area contributed by atoms with E-state index in [1.807, 2.05) is 16.7 Å². The van der Waals surface area contributed by atoms with E-state index >= 15 is 0 Å². The fraction of sp³-hybridized carbons (Fsp3) is 0.375. The van der Waals surface area contributed by atoms with Crippen LogP contribution in [0, 0.1) is 0 Å². The zero-order chi connectivity index (χ0) is 14.8. The van der Waals surface area contributed by atoms with Crippen molar-refractivity contribution in [1.29, 1.82) is 0 Å². The molecule has 0 bridgehead atoms. The van der Waals surface area contributed by atoms with Crippen molar-refractivity contribution in [3.8, 4) is 5.69 Å². The third kappa shape index (κ3) is 2.56. The Morgan fingerprint density at radius 1 is 1.43 bits per heavy atom. The molecule has 1 atom stereocenters. The number of carbonyl (C=O) groups is 1. The van der Waals surface area contributed by atoms with Gasteiger partial charge in [0.15, 0.2) is 6.10 Å². The molecule has 0 amide bonds. The maximum Gasteiger partial charge on any atom is 0.335 e. The van der Waals surface area contributed by atoms with Gasteiger partial charge in [-0.05, 0) is 31.4 Å². The lowest BCUT2D eigenvalue weighted by atomic mass is 9.99. The lowest BCUT2D eigenvalue weighted by Gasteiger charge is -2.19. The smallest absolute Gasteiger partial charge is 0.335 e. The normalized spacial score (nSPS) is 14.2. The number of aryl methyl sites for hydroxylation is 1. The minimum atomic E-state index is -1.15. The molecule has 2 aromatic rings. The van der Waals surface area contributed by atoms with Crippen molar-refractivity contribution in [2.45, 2.75) is 32.3 Å². The molecule has 1 aliphatic heterocycles. The van der Waals surface area contributed by atoms with Gasteiger partial charge in [-0.3, -0.25) is 0 Å². The molecule has 5 nitrogen and oxygen atoms in total. The highest BCUT2D eigenvalue weighted by atomic mass is 16.5. The van der Waals surface area contributed by atoms with Crippen LogP contribution in [-0.4, -0.2) is 33.3 Å². The standard InChI is InChI=1S/C16H18N2O3/c1-2-21-16(20)15(19)9-12-14-8-7-11-5-3-4-6-13(11)18(14)10-17-12/h3-6,10,15,19H,2,7-9H2,1H3. The lowest BCUT2D eigenvalue weighted by molar-refractivity contribution is -0.152. The van der Waals surface area contributed by atoms with Gasteiger partial charge in [0.05, 0.1) is 18.6 Å². The molecule has 1 N–H and O–H groups in total. The van der Waals surface area contributed by atoms with Crippen LogP contribution in [-0.2, 0) is 28.8 Å². The number of para-hydroxylation sites is 1. The molecule has 5 heteroatoms. The number of esters is 1. The Bertz CT molecular complexity index is 663. The molecule has 0 saturated heterocycles. The molecule has 2 heterocycles. The summed E-state index contributed by atoms with van der Waals surface area (Å²) in [5.41, 5.74) is 4.25. The molecule has 21 heavy (non-hydrogen) atoms. The van der Waals surface area contributed by atoms with Crippen LogP contribution in [0.15, 0.2) is 30.6 Å². The number of ether oxygens (including phenoxy) is 1. The van der Waals surface area contributed by atoms with Gasteiger partial charge in [-0.15, -0.1) is 0 Å². The predicted molar refractivity (Wildman–Crippen MR) is 77.3 cm³/mol. The zero-order valence-electron chi connectivity index (χ0n) is 12.0. The molecule has 0 saturated carbocycles. The number of benzene rings is 1. The summed E-state index contributed by atoms with van der Waals surface area (Å²) in [6, 6.07) is 8.21. The van der Waals surface area contributed by atoms with Crippen molar-refractivity contribution in [2.75, 3.05) is 6.61 Å². The predicted octanol–water partition coefficient (Wildman–Crippen LogP) is 1.44. The quantitative estimate of drug-likeness (QED) is 0.864. The Balaban J connectivity index is 1.85. The number of aliphatic hydroxyl groups excluding tert-OH is 1. The van der Waals surface area contributed by atoms with Gasteiger partial charge in [0.25, 0.3) is 0 Å². The SMILES string of the molecule is CCOC(=O)C(O)Cc1ncn2c1CCc1ccccc1-2. The molecule has 1 unspecified atom stereocenters. The number of aliphatic hydroxyl groups is 1. The Hall–Kier alpha value is -2.14. The second kappa shape index (κ2) is 5.69. The van der Waals surface area contributed by atoms with E-state index < -0.39 is 12.1 Å². The number of imidazole rings is 1. The van der Waals surface area contributed by atoms with Gasteiger partial charge in [0.1, 0.15) is 0 Å². The van der Waals surface area contributed by atoms with Crippen molar-refractivity contribution < 1.29 is 14.6 Å². The highest BCUT2D eigenvalue weighted by Gasteiger charge is 2.24. The summed E-state index contributed by atoms with van der Waals surface area (Å²) < 4.78 is 6.88. The van der Waals surface area contributed by atoms with Gasteiger partial charge in [-0.1, -0.05) is 18.2 Å². The first-order valence-electron chi connectivity index (χ1n) is 7.18. The van der Waals surface area contributed by atoms with E-state index in [0.29, 0.717) is 0 Å². The van der Waals surface area contributed by atoms with E-state index in [4.69, 9.17) is 4.74 Å². The summed E-state index contributed by atoms with van der Waals surface area (Å²) in [5.74, 6) is -0.588. The van der Waals surface area contributed by atoms with Crippen LogP contribution in [0.2, 0.25) is 0 Å². The molecule has 0 fully saturated rings. The number of hydrogen-bond donors (Lipinski definition) is 1.